The Morgan fingerprint density at radius 3 is 2.73 bits per heavy atom. The van der Waals surface area contributed by atoms with Crippen molar-refractivity contribution in [1.29, 1.82) is 0 Å². The molecule has 0 unspecified atom stereocenters. The molecule has 0 amide bonds. The van der Waals surface area contributed by atoms with E-state index in [2.05, 4.69) is 10.1 Å². The van der Waals surface area contributed by atoms with E-state index in [1.807, 2.05) is 45.0 Å². The summed E-state index contributed by atoms with van der Waals surface area (Å²) in [5, 5.41) is 4.29. The zero-order valence-electron chi connectivity index (χ0n) is 12.8. The maximum absolute atomic E-state index is 12.2. The number of hydrogen-bond donors (Lipinski definition) is 0. The number of ether oxygens (including phenoxy) is 1. The SMILES string of the molecule is CC(C)(C)OC(=O)c1ccnc(-c2cccc3ccnn23)c1. The molecule has 0 aliphatic carbocycles. The highest BCUT2D eigenvalue weighted by molar-refractivity contribution is 5.90. The van der Waals surface area contributed by atoms with Crippen LogP contribution in [0.25, 0.3) is 16.9 Å². The number of pyridine rings is 2. The quantitative estimate of drug-likeness (QED) is 0.680. The fourth-order valence-electron chi connectivity index (χ4n) is 2.18. The first-order chi connectivity index (χ1) is 10.4. The summed E-state index contributed by atoms with van der Waals surface area (Å²) in [6, 6.07) is 11.1. The van der Waals surface area contributed by atoms with E-state index in [0.29, 0.717) is 11.3 Å². The summed E-state index contributed by atoms with van der Waals surface area (Å²) in [7, 11) is 0. The minimum Gasteiger partial charge on any atom is -0.456 e. The summed E-state index contributed by atoms with van der Waals surface area (Å²) in [5.41, 5.74) is 2.43. The average molecular weight is 295 g/mol. The normalized spacial score (nSPS) is 11.6. The van der Waals surface area contributed by atoms with Crippen molar-refractivity contribution in [2.75, 3.05) is 0 Å². The molecule has 0 N–H and O–H groups in total. The number of aromatic nitrogens is 3. The van der Waals surface area contributed by atoms with Gasteiger partial charge in [0.1, 0.15) is 5.60 Å². The van der Waals surface area contributed by atoms with Gasteiger partial charge in [-0.2, -0.15) is 5.10 Å². The average Bonchev–Trinajstić information content (AvgIpc) is 2.94. The molecule has 3 aromatic rings. The third-order valence-electron chi connectivity index (χ3n) is 3.08. The van der Waals surface area contributed by atoms with Gasteiger partial charge in [-0.05, 0) is 51.1 Å². The summed E-state index contributed by atoms with van der Waals surface area (Å²) in [4.78, 5) is 16.5. The highest BCUT2D eigenvalue weighted by atomic mass is 16.6. The largest absolute Gasteiger partial charge is 0.456 e. The van der Waals surface area contributed by atoms with Crippen molar-refractivity contribution in [3.05, 3.63) is 54.4 Å². The van der Waals surface area contributed by atoms with Crippen molar-refractivity contribution in [3.8, 4) is 11.4 Å². The molecule has 3 rings (SSSR count). The van der Waals surface area contributed by atoms with Crippen molar-refractivity contribution in [2.45, 2.75) is 26.4 Å². The van der Waals surface area contributed by atoms with Crippen LogP contribution in [-0.2, 0) is 4.74 Å². The Balaban J connectivity index is 2.01. The summed E-state index contributed by atoms with van der Waals surface area (Å²) in [6.45, 7) is 5.53. The molecule has 0 aliphatic heterocycles. The van der Waals surface area contributed by atoms with Crippen LogP contribution in [0.3, 0.4) is 0 Å². The Morgan fingerprint density at radius 2 is 1.95 bits per heavy atom. The molecular weight excluding hydrogens is 278 g/mol. The minimum absolute atomic E-state index is 0.358. The van der Waals surface area contributed by atoms with Crippen molar-refractivity contribution in [1.82, 2.24) is 14.6 Å². The van der Waals surface area contributed by atoms with Crippen LogP contribution < -0.4 is 0 Å². The number of fused-ring (bicyclic) bond motifs is 1. The fourth-order valence-corrected chi connectivity index (χ4v) is 2.18. The molecule has 5 nitrogen and oxygen atoms in total. The third kappa shape index (κ3) is 2.83. The third-order valence-corrected chi connectivity index (χ3v) is 3.08. The molecule has 0 radical (unpaired) electrons. The molecular formula is C17H17N3O2. The van der Waals surface area contributed by atoms with Gasteiger partial charge in [0.05, 0.1) is 28.7 Å². The topological polar surface area (TPSA) is 56.5 Å². The van der Waals surface area contributed by atoms with Crippen molar-refractivity contribution >= 4 is 11.5 Å². The predicted octanol–water partition coefficient (Wildman–Crippen LogP) is 3.35. The number of carbonyl (C=O) groups excluding carboxylic acids is 1. The van der Waals surface area contributed by atoms with Crippen LogP contribution in [-0.4, -0.2) is 26.2 Å². The Kier molecular flexibility index (Phi) is 3.41. The molecule has 0 aromatic carbocycles. The van der Waals surface area contributed by atoms with Crippen LogP contribution in [0.15, 0.2) is 48.8 Å². The number of rotatable bonds is 2. The Morgan fingerprint density at radius 1 is 1.14 bits per heavy atom. The molecule has 0 spiro atoms. The molecule has 0 bridgehead atoms. The molecule has 0 aliphatic rings. The number of hydrogen-bond acceptors (Lipinski definition) is 4. The standard InChI is InChI=1S/C17H17N3O2/c1-17(2,3)22-16(21)12-7-9-18-14(11-12)15-6-4-5-13-8-10-19-20(13)15/h4-11H,1-3H3. The number of carbonyl (C=O) groups is 1. The number of esters is 1. The van der Waals surface area contributed by atoms with E-state index in [9.17, 15) is 4.79 Å². The number of nitrogens with zero attached hydrogens (tertiary/aromatic N) is 3. The predicted molar refractivity (Wildman–Crippen MR) is 83.6 cm³/mol. The molecule has 5 heteroatoms. The van der Waals surface area contributed by atoms with Crippen LogP contribution >= 0.6 is 0 Å². The highest BCUT2D eigenvalue weighted by Crippen LogP contribution is 2.20. The van der Waals surface area contributed by atoms with Crippen molar-refractivity contribution in [2.24, 2.45) is 0 Å². The maximum atomic E-state index is 12.2. The van der Waals surface area contributed by atoms with E-state index in [4.69, 9.17) is 4.74 Å². The van der Waals surface area contributed by atoms with Gasteiger partial charge in [-0.15, -0.1) is 0 Å². The van der Waals surface area contributed by atoms with Crippen molar-refractivity contribution in [3.63, 3.8) is 0 Å². The molecule has 0 atom stereocenters. The van der Waals surface area contributed by atoms with Gasteiger partial charge in [0.25, 0.3) is 0 Å². The van der Waals surface area contributed by atoms with Crippen LogP contribution in [0.5, 0.6) is 0 Å². The lowest BCUT2D eigenvalue weighted by molar-refractivity contribution is 0.00694. The molecule has 0 saturated heterocycles. The van der Waals surface area contributed by atoms with Crippen LogP contribution in [0.1, 0.15) is 31.1 Å². The highest BCUT2D eigenvalue weighted by Gasteiger charge is 2.18. The zero-order valence-corrected chi connectivity index (χ0v) is 12.8. The summed E-state index contributed by atoms with van der Waals surface area (Å²) >= 11 is 0. The monoisotopic (exact) mass is 295 g/mol. The van der Waals surface area contributed by atoms with E-state index in [-0.39, 0.29) is 5.97 Å². The van der Waals surface area contributed by atoms with Gasteiger partial charge in [0, 0.05) is 6.20 Å². The molecule has 3 heterocycles. The molecule has 0 saturated carbocycles. The molecule has 112 valence electrons. The van der Waals surface area contributed by atoms with E-state index in [0.717, 1.165) is 11.2 Å². The van der Waals surface area contributed by atoms with Gasteiger partial charge in [0.2, 0.25) is 0 Å². The first-order valence-electron chi connectivity index (χ1n) is 7.06. The Labute approximate surface area is 128 Å². The van der Waals surface area contributed by atoms with Gasteiger partial charge < -0.3 is 4.74 Å². The van der Waals surface area contributed by atoms with Gasteiger partial charge in [0.15, 0.2) is 0 Å². The van der Waals surface area contributed by atoms with Gasteiger partial charge in [-0.25, -0.2) is 9.31 Å². The van der Waals surface area contributed by atoms with E-state index in [1.165, 1.54) is 0 Å². The maximum Gasteiger partial charge on any atom is 0.338 e. The Hall–Kier alpha value is -2.69. The Bertz CT molecular complexity index is 831. The summed E-state index contributed by atoms with van der Waals surface area (Å²) in [6.07, 6.45) is 3.34. The van der Waals surface area contributed by atoms with Crippen LogP contribution in [0, 0.1) is 0 Å². The second-order valence-corrected chi connectivity index (χ2v) is 6.01. The van der Waals surface area contributed by atoms with Gasteiger partial charge >= 0.3 is 5.97 Å². The summed E-state index contributed by atoms with van der Waals surface area (Å²) in [5.74, 6) is -0.358. The minimum atomic E-state index is -0.525. The van der Waals surface area contributed by atoms with E-state index in [1.54, 1.807) is 29.0 Å². The fraction of sp³-hybridized carbons (Fsp3) is 0.235. The lowest BCUT2D eigenvalue weighted by Crippen LogP contribution is -2.23. The van der Waals surface area contributed by atoms with Crippen molar-refractivity contribution < 1.29 is 9.53 Å². The molecule has 22 heavy (non-hydrogen) atoms. The lowest BCUT2D eigenvalue weighted by atomic mass is 10.1. The van der Waals surface area contributed by atoms with E-state index < -0.39 is 5.60 Å². The first-order valence-corrected chi connectivity index (χ1v) is 7.06. The first kappa shape index (κ1) is 14.3. The zero-order chi connectivity index (χ0) is 15.7. The van der Waals surface area contributed by atoms with Gasteiger partial charge in [-0.3, -0.25) is 4.98 Å². The summed E-state index contributed by atoms with van der Waals surface area (Å²) < 4.78 is 7.19. The molecule has 0 fully saturated rings. The smallest absolute Gasteiger partial charge is 0.338 e. The van der Waals surface area contributed by atoms with Crippen LogP contribution in [0.2, 0.25) is 0 Å². The second-order valence-electron chi connectivity index (χ2n) is 6.01. The second kappa shape index (κ2) is 5.26. The van der Waals surface area contributed by atoms with E-state index >= 15 is 0 Å². The van der Waals surface area contributed by atoms with Crippen LogP contribution in [0.4, 0.5) is 0 Å². The van der Waals surface area contributed by atoms with Gasteiger partial charge in [-0.1, -0.05) is 6.07 Å². The molecule has 3 aromatic heterocycles. The lowest BCUT2D eigenvalue weighted by Gasteiger charge is -2.19.